The van der Waals surface area contributed by atoms with E-state index >= 15 is 0 Å². The maximum absolute atomic E-state index is 12.3. The second-order valence-corrected chi connectivity index (χ2v) is 6.30. The number of carbonyl (C=O) groups excluding carboxylic acids is 3. The van der Waals surface area contributed by atoms with Crippen molar-refractivity contribution in [1.82, 2.24) is 15.2 Å². The lowest BCUT2D eigenvalue weighted by Gasteiger charge is -2.10. The Hall–Kier alpha value is -2.91. The molecule has 0 aliphatic carbocycles. The number of aromatic hydroxyl groups is 1. The third-order valence-corrected chi connectivity index (χ3v) is 4.16. The zero-order valence-electron chi connectivity index (χ0n) is 12.5. The molecular formula is C15H11ClN4O4S. The van der Waals surface area contributed by atoms with Gasteiger partial charge in [0.1, 0.15) is 18.0 Å². The number of urea groups is 1. The molecule has 4 amide bonds. The van der Waals surface area contributed by atoms with Crippen molar-refractivity contribution in [3.05, 3.63) is 46.1 Å². The van der Waals surface area contributed by atoms with Crippen molar-refractivity contribution in [3.8, 4) is 5.75 Å². The Morgan fingerprint density at radius 3 is 2.96 bits per heavy atom. The van der Waals surface area contributed by atoms with Crippen LogP contribution in [0.3, 0.4) is 0 Å². The zero-order chi connectivity index (χ0) is 18.0. The first-order valence-corrected chi connectivity index (χ1v) is 8.22. The van der Waals surface area contributed by atoms with Crippen LogP contribution in [0, 0.1) is 0 Å². The average molecular weight is 379 g/mol. The van der Waals surface area contributed by atoms with Crippen LogP contribution in [0.1, 0.15) is 5.56 Å². The van der Waals surface area contributed by atoms with E-state index in [0.29, 0.717) is 10.2 Å². The van der Waals surface area contributed by atoms with Crippen LogP contribution in [0.25, 0.3) is 6.08 Å². The van der Waals surface area contributed by atoms with E-state index < -0.39 is 24.4 Å². The molecular weight excluding hydrogens is 368 g/mol. The lowest BCUT2D eigenvalue weighted by molar-refractivity contribution is -0.127. The van der Waals surface area contributed by atoms with Crippen molar-refractivity contribution in [2.75, 3.05) is 11.9 Å². The molecule has 0 spiro atoms. The van der Waals surface area contributed by atoms with Crippen molar-refractivity contribution in [1.29, 1.82) is 0 Å². The molecule has 0 radical (unpaired) electrons. The predicted octanol–water partition coefficient (Wildman–Crippen LogP) is 2.03. The number of phenolic OH excluding ortho intramolecular Hbond substituents is 1. The van der Waals surface area contributed by atoms with Crippen molar-refractivity contribution < 1.29 is 19.5 Å². The third kappa shape index (κ3) is 3.78. The highest BCUT2D eigenvalue weighted by Crippen LogP contribution is 2.25. The number of benzene rings is 1. The van der Waals surface area contributed by atoms with Crippen LogP contribution in [-0.2, 0) is 9.59 Å². The largest absolute Gasteiger partial charge is 0.507 e. The Morgan fingerprint density at radius 1 is 1.44 bits per heavy atom. The molecule has 0 atom stereocenters. The molecule has 25 heavy (non-hydrogen) atoms. The molecule has 2 aromatic rings. The van der Waals surface area contributed by atoms with Gasteiger partial charge in [0.15, 0.2) is 5.13 Å². The molecule has 128 valence electrons. The number of hydrogen-bond acceptors (Lipinski definition) is 6. The summed E-state index contributed by atoms with van der Waals surface area (Å²) in [4.78, 5) is 40.8. The number of amides is 4. The van der Waals surface area contributed by atoms with Gasteiger partial charge in [-0.3, -0.25) is 9.59 Å². The van der Waals surface area contributed by atoms with Gasteiger partial charge in [0.05, 0.1) is 0 Å². The van der Waals surface area contributed by atoms with Gasteiger partial charge in [-0.1, -0.05) is 11.6 Å². The van der Waals surface area contributed by atoms with E-state index in [4.69, 9.17) is 11.6 Å². The lowest BCUT2D eigenvalue weighted by atomic mass is 10.1. The van der Waals surface area contributed by atoms with E-state index in [2.05, 4.69) is 15.6 Å². The van der Waals surface area contributed by atoms with Crippen LogP contribution in [0.4, 0.5) is 9.93 Å². The monoisotopic (exact) mass is 378 g/mol. The molecule has 1 saturated heterocycles. The van der Waals surface area contributed by atoms with Crippen LogP contribution < -0.4 is 10.6 Å². The minimum atomic E-state index is -0.730. The minimum absolute atomic E-state index is 0.0652. The van der Waals surface area contributed by atoms with Crippen LogP contribution in [0.5, 0.6) is 5.75 Å². The van der Waals surface area contributed by atoms with Gasteiger partial charge in [-0.05, 0) is 24.3 Å². The fraction of sp³-hybridized carbons (Fsp3) is 0.0667. The summed E-state index contributed by atoms with van der Waals surface area (Å²) in [5.41, 5.74) is 0.204. The van der Waals surface area contributed by atoms with Gasteiger partial charge in [0.2, 0.25) is 5.91 Å². The molecule has 0 saturated carbocycles. The number of rotatable bonds is 4. The first kappa shape index (κ1) is 16.9. The normalized spacial score (nSPS) is 15.6. The summed E-state index contributed by atoms with van der Waals surface area (Å²) < 4.78 is 0. The smallest absolute Gasteiger partial charge is 0.329 e. The average Bonchev–Trinajstić information content (AvgIpc) is 3.15. The lowest BCUT2D eigenvalue weighted by Crippen LogP contribution is -2.38. The second kappa shape index (κ2) is 6.91. The molecule has 1 aromatic heterocycles. The molecule has 1 fully saturated rings. The number of imide groups is 1. The van der Waals surface area contributed by atoms with E-state index in [9.17, 15) is 19.5 Å². The quantitative estimate of drug-likeness (QED) is 0.556. The van der Waals surface area contributed by atoms with Crippen molar-refractivity contribution in [2.24, 2.45) is 0 Å². The van der Waals surface area contributed by atoms with Gasteiger partial charge in [0, 0.05) is 22.2 Å². The van der Waals surface area contributed by atoms with Gasteiger partial charge in [-0.15, -0.1) is 11.3 Å². The van der Waals surface area contributed by atoms with Gasteiger partial charge in [-0.25, -0.2) is 14.7 Å². The van der Waals surface area contributed by atoms with Gasteiger partial charge < -0.3 is 15.7 Å². The van der Waals surface area contributed by atoms with Gasteiger partial charge in [-0.2, -0.15) is 0 Å². The fourth-order valence-electron chi connectivity index (χ4n) is 2.10. The van der Waals surface area contributed by atoms with E-state index in [1.54, 1.807) is 5.38 Å². The maximum Gasteiger partial charge on any atom is 0.329 e. The Labute approximate surface area is 150 Å². The summed E-state index contributed by atoms with van der Waals surface area (Å²) in [6.07, 6.45) is 2.81. The van der Waals surface area contributed by atoms with E-state index in [-0.39, 0.29) is 17.0 Å². The summed E-state index contributed by atoms with van der Waals surface area (Å²) in [5, 5.41) is 17.1. The number of nitrogens with zero attached hydrogens (tertiary/aromatic N) is 2. The Balaban J connectivity index is 1.74. The Kier molecular flexibility index (Phi) is 4.68. The molecule has 0 bridgehead atoms. The van der Waals surface area contributed by atoms with Crippen LogP contribution >= 0.6 is 22.9 Å². The molecule has 10 heteroatoms. The summed E-state index contributed by atoms with van der Waals surface area (Å²) in [6, 6.07) is 3.58. The van der Waals surface area contributed by atoms with Crippen LogP contribution in [-0.4, -0.2) is 39.4 Å². The molecule has 2 heterocycles. The van der Waals surface area contributed by atoms with E-state index in [1.807, 2.05) is 0 Å². The van der Waals surface area contributed by atoms with Gasteiger partial charge >= 0.3 is 6.03 Å². The molecule has 3 N–H and O–H groups in total. The standard InChI is InChI=1S/C15H11ClN4O4S/c16-9-1-2-11(21)8(5-9)6-10-13(23)20(15(24)18-10)7-12(22)19-14-17-3-4-25-14/h1-6,21H,7H2,(H,18,24)(H,17,19,22)/b10-6-. The fourth-order valence-corrected chi connectivity index (χ4v) is 2.82. The Bertz CT molecular complexity index is 882. The molecule has 1 aromatic carbocycles. The zero-order valence-corrected chi connectivity index (χ0v) is 14.1. The SMILES string of the molecule is O=C(CN1C(=O)N/C(=C\c2cc(Cl)ccc2O)C1=O)Nc1nccs1. The molecule has 1 aliphatic rings. The summed E-state index contributed by atoms with van der Waals surface area (Å²) >= 11 is 7.07. The highest BCUT2D eigenvalue weighted by molar-refractivity contribution is 7.13. The first-order chi connectivity index (χ1) is 11.9. The minimum Gasteiger partial charge on any atom is -0.507 e. The van der Waals surface area contributed by atoms with Crippen molar-refractivity contribution >= 4 is 52.0 Å². The molecule has 0 unspecified atom stereocenters. The van der Waals surface area contributed by atoms with Crippen LogP contribution in [0.2, 0.25) is 5.02 Å². The molecule has 1 aliphatic heterocycles. The first-order valence-electron chi connectivity index (χ1n) is 6.96. The van der Waals surface area contributed by atoms with Crippen molar-refractivity contribution in [2.45, 2.75) is 0 Å². The molecule has 8 nitrogen and oxygen atoms in total. The number of thiazole rings is 1. The number of anilines is 1. The third-order valence-electron chi connectivity index (χ3n) is 3.23. The maximum atomic E-state index is 12.3. The highest BCUT2D eigenvalue weighted by atomic mass is 35.5. The summed E-state index contributed by atoms with van der Waals surface area (Å²) in [5.74, 6) is -1.33. The Morgan fingerprint density at radius 2 is 2.24 bits per heavy atom. The van der Waals surface area contributed by atoms with E-state index in [1.165, 1.54) is 41.8 Å². The second-order valence-electron chi connectivity index (χ2n) is 4.97. The van der Waals surface area contributed by atoms with Gasteiger partial charge in [0.25, 0.3) is 5.91 Å². The predicted molar refractivity (Wildman–Crippen MR) is 92.1 cm³/mol. The number of aromatic nitrogens is 1. The number of hydrogen-bond donors (Lipinski definition) is 3. The number of nitrogens with one attached hydrogen (secondary N) is 2. The summed E-state index contributed by atoms with van der Waals surface area (Å²) in [6.45, 7) is -0.455. The van der Waals surface area contributed by atoms with Crippen molar-refractivity contribution in [3.63, 3.8) is 0 Å². The van der Waals surface area contributed by atoms with Crippen LogP contribution in [0.15, 0.2) is 35.5 Å². The summed E-state index contributed by atoms with van der Waals surface area (Å²) in [7, 11) is 0. The number of halogens is 1. The topological polar surface area (TPSA) is 112 Å². The molecule has 3 rings (SSSR count). The number of phenols is 1. The van der Waals surface area contributed by atoms with E-state index in [0.717, 1.165) is 4.90 Å². The highest BCUT2D eigenvalue weighted by Gasteiger charge is 2.35. The number of carbonyl (C=O) groups is 3.